The van der Waals surface area contributed by atoms with Crippen molar-refractivity contribution in [2.24, 2.45) is 4.99 Å². The molecule has 2 aromatic carbocycles. The van der Waals surface area contributed by atoms with Crippen molar-refractivity contribution in [1.82, 2.24) is 14.8 Å². The number of aryl methyl sites for hydroxylation is 1. The second kappa shape index (κ2) is 16.7. The van der Waals surface area contributed by atoms with E-state index in [9.17, 15) is 22.8 Å². The number of amidine groups is 1. The molecule has 2 N–H and O–H groups in total. The molecule has 3 aliphatic heterocycles. The number of hydrogen-bond acceptors (Lipinski definition) is 7. The van der Waals surface area contributed by atoms with Crippen molar-refractivity contribution in [1.29, 1.82) is 0 Å². The monoisotopic (exact) mass is 693 g/mol. The average molecular weight is 694 g/mol. The zero-order valence-corrected chi connectivity index (χ0v) is 28.8. The Morgan fingerprint density at radius 2 is 1.56 bits per heavy atom. The summed E-state index contributed by atoms with van der Waals surface area (Å²) in [6.45, 7) is 9.26. The smallest absolute Gasteiger partial charge is 0.411 e. The number of benzene rings is 2. The van der Waals surface area contributed by atoms with Crippen LogP contribution in [0.2, 0.25) is 0 Å². The van der Waals surface area contributed by atoms with Gasteiger partial charge < -0.3 is 30.1 Å². The molecule has 2 fully saturated rings. The highest BCUT2D eigenvalue weighted by Gasteiger charge is 2.47. The number of amides is 3. The molecule has 3 aromatic rings. The number of piperidine rings is 1. The number of halogens is 3. The highest BCUT2D eigenvalue weighted by Crippen LogP contribution is 2.33. The van der Waals surface area contributed by atoms with E-state index in [0.29, 0.717) is 56.7 Å². The van der Waals surface area contributed by atoms with Gasteiger partial charge in [-0.3, -0.25) is 4.79 Å². The quantitative estimate of drug-likeness (QED) is 0.297. The summed E-state index contributed by atoms with van der Waals surface area (Å²) < 4.78 is 47.6. The van der Waals surface area contributed by atoms with Crippen LogP contribution in [0.3, 0.4) is 0 Å². The van der Waals surface area contributed by atoms with E-state index in [1.165, 1.54) is 11.8 Å². The normalized spacial score (nSPS) is 20.0. The van der Waals surface area contributed by atoms with Crippen LogP contribution < -0.4 is 15.5 Å². The first kappa shape index (κ1) is 36.5. The van der Waals surface area contributed by atoms with Crippen LogP contribution in [-0.4, -0.2) is 90.3 Å². The molecular weight excluding hydrogens is 647 g/mol. The van der Waals surface area contributed by atoms with E-state index in [4.69, 9.17) is 4.74 Å². The van der Waals surface area contributed by atoms with Crippen molar-refractivity contribution in [3.05, 3.63) is 84.1 Å². The fourth-order valence-electron chi connectivity index (χ4n) is 6.37. The number of alkyl halides is 3. The van der Waals surface area contributed by atoms with E-state index in [0.717, 1.165) is 30.5 Å². The highest BCUT2D eigenvalue weighted by molar-refractivity contribution is 5.96. The number of pyridine rings is 1. The molecule has 3 amide bonds. The summed E-state index contributed by atoms with van der Waals surface area (Å²) in [4.78, 5) is 40.1. The molecule has 2 unspecified atom stereocenters. The molecule has 6 rings (SSSR count). The predicted octanol–water partition coefficient (Wildman–Crippen LogP) is 7.05. The van der Waals surface area contributed by atoms with Gasteiger partial charge in [0.25, 0.3) is 11.9 Å². The van der Waals surface area contributed by atoms with Crippen LogP contribution in [0.25, 0.3) is 0 Å². The molecule has 0 radical (unpaired) electrons. The molecule has 2 saturated heterocycles. The molecule has 10 nitrogen and oxygen atoms in total. The number of nitrogens with zero attached hydrogens (tertiary/aromatic N) is 5. The Labute approximate surface area is 291 Å². The van der Waals surface area contributed by atoms with Crippen LogP contribution in [0, 0.1) is 6.92 Å². The first-order valence-corrected chi connectivity index (χ1v) is 17.4. The molecule has 0 bridgehead atoms. The number of hydrogen-bond donors (Lipinski definition) is 2. The van der Waals surface area contributed by atoms with Crippen LogP contribution in [0.1, 0.15) is 56.6 Å². The van der Waals surface area contributed by atoms with Gasteiger partial charge in [0.1, 0.15) is 5.82 Å². The van der Waals surface area contributed by atoms with Crippen LogP contribution in [0.15, 0.2) is 77.9 Å². The lowest BCUT2D eigenvalue weighted by molar-refractivity contribution is -0.159. The topological polar surface area (TPSA) is 102 Å². The Kier molecular flexibility index (Phi) is 12.2. The number of likely N-dealkylation sites (tertiary alicyclic amines) is 1. The summed E-state index contributed by atoms with van der Waals surface area (Å²) >= 11 is 0. The van der Waals surface area contributed by atoms with Crippen molar-refractivity contribution < 1.29 is 27.5 Å². The van der Waals surface area contributed by atoms with Crippen molar-refractivity contribution in [3.63, 3.8) is 0 Å². The summed E-state index contributed by atoms with van der Waals surface area (Å²) in [6, 6.07) is 18.8. The SMILES string of the molecule is CC.Cc1ccccc1NC(=O)N1CCCN(c2ccc(NC(=O)C3CC(C(F)(F)F)N=C(N4CCC(c5ccccc5)CC4)O3)cn2)CC1. The van der Waals surface area contributed by atoms with E-state index in [2.05, 4.69) is 37.6 Å². The van der Waals surface area contributed by atoms with Gasteiger partial charge in [-0.05, 0) is 61.4 Å². The minimum atomic E-state index is -4.61. The Hall–Kier alpha value is -4.81. The maximum Gasteiger partial charge on any atom is 0.411 e. The number of aromatic nitrogens is 1. The lowest BCUT2D eigenvalue weighted by Crippen LogP contribution is -2.49. The number of nitrogens with one attached hydrogen (secondary N) is 2. The Bertz CT molecular complexity index is 1600. The highest BCUT2D eigenvalue weighted by atomic mass is 19.4. The van der Waals surface area contributed by atoms with Gasteiger partial charge in [0.2, 0.25) is 0 Å². The van der Waals surface area contributed by atoms with Gasteiger partial charge in [-0.15, -0.1) is 0 Å². The summed E-state index contributed by atoms with van der Waals surface area (Å²) in [6.07, 6.45) is -2.86. The molecule has 0 aliphatic carbocycles. The number of urea groups is 1. The predicted molar refractivity (Wildman–Crippen MR) is 190 cm³/mol. The van der Waals surface area contributed by atoms with Crippen LogP contribution >= 0.6 is 0 Å². The molecule has 2 atom stereocenters. The third-order valence-electron chi connectivity index (χ3n) is 9.17. The largest absolute Gasteiger partial charge is 0.452 e. The summed E-state index contributed by atoms with van der Waals surface area (Å²) in [5.74, 6) is 0.292. The summed E-state index contributed by atoms with van der Waals surface area (Å²) in [5.41, 5.74) is 3.31. The molecule has 13 heteroatoms. The molecule has 50 heavy (non-hydrogen) atoms. The fraction of sp³-hybridized carbons (Fsp3) is 0.459. The zero-order chi connectivity index (χ0) is 35.7. The van der Waals surface area contributed by atoms with Gasteiger partial charge in [0.15, 0.2) is 12.1 Å². The number of anilines is 3. The number of carbonyl (C=O) groups is 2. The van der Waals surface area contributed by atoms with E-state index in [-0.39, 0.29) is 12.1 Å². The maximum atomic E-state index is 13.9. The summed E-state index contributed by atoms with van der Waals surface area (Å²) in [5, 5.41) is 5.67. The van der Waals surface area contributed by atoms with E-state index in [1.54, 1.807) is 21.9 Å². The Balaban J connectivity index is 0.00000239. The standard InChI is InChI=1S/C35H40F3N7O3.C2H6/c1-24-8-5-6-11-28(24)41-33(47)44-17-7-16-43(20-21-44)31-13-12-27(23-39-31)40-32(46)29-22-30(35(36,37)38)42-34(48-29)45-18-14-26(15-19-45)25-9-3-2-4-10-25;1-2/h2-6,8-13,23,26,29-30H,7,14-22H2,1H3,(H,40,46)(H,41,47);1-2H3. The summed E-state index contributed by atoms with van der Waals surface area (Å²) in [7, 11) is 0. The molecule has 3 aliphatic rings. The van der Waals surface area contributed by atoms with Crippen LogP contribution in [0.4, 0.5) is 35.2 Å². The van der Waals surface area contributed by atoms with Crippen molar-refractivity contribution in [3.8, 4) is 0 Å². The lowest BCUT2D eigenvalue weighted by Gasteiger charge is -2.37. The molecular formula is C37H46F3N7O3. The average Bonchev–Trinajstić information content (AvgIpc) is 3.40. The van der Waals surface area contributed by atoms with E-state index in [1.807, 2.05) is 63.2 Å². The third kappa shape index (κ3) is 9.25. The zero-order valence-electron chi connectivity index (χ0n) is 28.8. The van der Waals surface area contributed by atoms with Crippen molar-refractivity contribution >= 4 is 35.2 Å². The number of carbonyl (C=O) groups excluding carboxylic acids is 2. The van der Waals surface area contributed by atoms with Gasteiger partial charge in [-0.1, -0.05) is 62.4 Å². The van der Waals surface area contributed by atoms with Crippen molar-refractivity contribution in [2.45, 2.75) is 70.7 Å². The third-order valence-corrected chi connectivity index (χ3v) is 9.17. The fourth-order valence-corrected chi connectivity index (χ4v) is 6.37. The minimum absolute atomic E-state index is 0.133. The number of aliphatic imine (C=N–C) groups is 1. The second-order valence-corrected chi connectivity index (χ2v) is 12.5. The number of ether oxygens (including phenoxy) is 1. The van der Waals surface area contributed by atoms with Crippen molar-refractivity contribution in [2.75, 3.05) is 54.8 Å². The molecule has 0 saturated carbocycles. The molecule has 0 spiro atoms. The van der Waals surface area contributed by atoms with Gasteiger partial charge in [0, 0.05) is 51.4 Å². The molecule has 1 aromatic heterocycles. The maximum absolute atomic E-state index is 13.9. The van der Waals surface area contributed by atoms with Gasteiger partial charge >= 0.3 is 12.2 Å². The Morgan fingerprint density at radius 3 is 2.24 bits per heavy atom. The lowest BCUT2D eigenvalue weighted by atomic mass is 9.89. The first-order valence-electron chi connectivity index (χ1n) is 17.4. The molecule has 268 valence electrons. The minimum Gasteiger partial charge on any atom is -0.452 e. The Morgan fingerprint density at radius 1 is 0.840 bits per heavy atom. The second-order valence-electron chi connectivity index (χ2n) is 12.5. The van der Waals surface area contributed by atoms with Gasteiger partial charge in [-0.2, -0.15) is 13.2 Å². The van der Waals surface area contributed by atoms with Crippen LogP contribution in [0.5, 0.6) is 0 Å². The van der Waals surface area contributed by atoms with E-state index < -0.39 is 30.7 Å². The van der Waals surface area contributed by atoms with Crippen LogP contribution in [-0.2, 0) is 9.53 Å². The first-order chi connectivity index (χ1) is 24.1. The number of rotatable bonds is 5. The van der Waals surface area contributed by atoms with E-state index >= 15 is 0 Å². The van der Waals surface area contributed by atoms with Gasteiger partial charge in [0.05, 0.1) is 11.9 Å². The molecule has 4 heterocycles. The van der Waals surface area contributed by atoms with Gasteiger partial charge in [-0.25, -0.2) is 14.8 Å². The number of para-hydroxylation sites is 1.